The number of benzene rings is 2. The van der Waals surface area contributed by atoms with E-state index in [2.05, 4.69) is 20.8 Å². The van der Waals surface area contributed by atoms with Crippen LogP contribution in [0.1, 0.15) is 59.5 Å². The van der Waals surface area contributed by atoms with Crippen molar-refractivity contribution < 1.29 is 9.59 Å². The molecule has 3 nitrogen and oxygen atoms in total. The molecule has 0 saturated carbocycles. The number of aryl methyl sites for hydroxylation is 1. The third-order valence-electron chi connectivity index (χ3n) is 4.61. The molecule has 132 valence electrons. The zero-order valence-electron chi connectivity index (χ0n) is 16.0. The normalized spacial score (nSPS) is 12.6. The molecule has 2 aromatic rings. The van der Waals surface area contributed by atoms with Crippen molar-refractivity contribution in [1.82, 2.24) is 4.90 Å². The molecule has 0 heterocycles. The van der Waals surface area contributed by atoms with Crippen molar-refractivity contribution in [3.8, 4) is 0 Å². The van der Waals surface area contributed by atoms with Crippen molar-refractivity contribution in [3.05, 3.63) is 70.8 Å². The quantitative estimate of drug-likeness (QED) is 0.763. The molecule has 1 amide bonds. The van der Waals surface area contributed by atoms with Gasteiger partial charge in [-0.2, -0.15) is 0 Å². The van der Waals surface area contributed by atoms with E-state index in [0.717, 1.165) is 5.56 Å². The highest BCUT2D eigenvalue weighted by Crippen LogP contribution is 2.22. The zero-order chi connectivity index (χ0) is 18.8. The van der Waals surface area contributed by atoms with Gasteiger partial charge in [0.05, 0.1) is 6.04 Å². The van der Waals surface area contributed by atoms with E-state index in [9.17, 15) is 9.59 Å². The van der Waals surface area contributed by atoms with E-state index in [1.165, 1.54) is 10.5 Å². The maximum atomic E-state index is 12.7. The minimum absolute atomic E-state index is 0.0438. The number of carbonyl (C=O) groups is 2. The van der Waals surface area contributed by atoms with E-state index >= 15 is 0 Å². The molecule has 0 aromatic heterocycles. The highest BCUT2D eigenvalue weighted by molar-refractivity contribution is 6.04. The smallest absolute Gasteiger partial charge is 0.254 e. The minimum atomic E-state index is -0.516. The lowest BCUT2D eigenvalue weighted by atomic mass is 9.86. The van der Waals surface area contributed by atoms with Crippen LogP contribution in [-0.2, 0) is 5.41 Å². The number of hydrogen-bond donors (Lipinski definition) is 0. The van der Waals surface area contributed by atoms with Crippen molar-refractivity contribution in [1.29, 1.82) is 0 Å². The summed E-state index contributed by atoms with van der Waals surface area (Å²) in [6, 6.07) is 14.6. The number of likely N-dealkylation sites (N-methyl/N-ethyl adjacent to an activating group) is 1. The van der Waals surface area contributed by atoms with Crippen molar-refractivity contribution in [3.63, 3.8) is 0 Å². The van der Waals surface area contributed by atoms with Gasteiger partial charge in [-0.15, -0.1) is 0 Å². The predicted molar refractivity (Wildman–Crippen MR) is 102 cm³/mol. The van der Waals surface area contributed by atoms with Crippen LogP contribution in [0.15, 0.2) is 48.5 Å². The van der Waals surface area contributed by atoms with Crippen molar-refractivity contribution in [2.75, 3.05) is 7.05 Å². The summed E-state index contributed by atoms with van der Waals surface area (Å²) in [7, 11) is 1.68. The number of rotatable bonds is 4. The van der Waals surface area contributed by atoms with Crippen LogP contribution >= 0.6 is 0 Å². The van der Waals surface area contributed by atoms with Gasteiger partial charge in [0.25, 0.3) is 5.91 Å². The van der Waals surface area contributed by atoms with Crippen LogP contribution < -0.4 is 0 Å². The Kier molecular flexibility index (Phi) is 5.46. The number of carbonyl (C=O) groups excluding carboxylic acids is 2. The van der Waals surface area contributed by atoms with Gasteiger partial charge >= 0.3 is 0 Å². The first-order chi connectivity index (χ1) is 11.6. The Morgan fingerprint density at radius 1 is 0.880 bits per heavy atom. The molecule has 0 aliphatic rings. The van der Waals surface area contributed by atoms with E-state index in [1.54, 1.807) is 14.0 Å². The molecule has 0 radical (unpaired) electrons. The summed E-state index contributed by atoms with van der Waals surface area (Å²) in [4.78, 5) is 26.8. The Morgan fingerprint density at radius 3 is 1.84 bits per heavy atom. The van der Waals surface area contributed by atoms with Gasteiger partial charge in [-0.3, -0.25) is 9.59 Å². The molecule has 1 atom stereocenters. The number of nitrogens with zero attached hydrogens (tertiary/aromatic N) is 1. The molecular formula is C22H27NO2. The monoisotopic (exact) mass is 337 g/mol. The first-order valence-electron chi connectivity index (χ1n) is 8.60. The number of ketones is 1. The van der Waals surface area contributed by atoms with Gasteiger partial charge in [0, 0.05) is 18.2 Å². The molecule has 0 aliphatic heterocycles. The number of hydrogen-bond acceptors (Lipinski definition) is 2. The molecule has 0 fully saturated rings. The molecular weight excluding hydrogens is 310 g/mol. The molecule has 2 aromatic carbocycles. The van der Waals surface area contributed by atoms with Gasteiger partial charge < -0.3 is 4.90 Å². The van der Waals surface area contributed by atoms with Crippen LogP contribution in [0.4, 0.5) is 0 Å². The van der Waals surface area contributed by atoms with E-state index in [0.29, 0.717) is 11.1 Å². The van der Waals surface area contributed by atoms with Crippen LogP contribution in [0.2, 0.25) is 0 Å². The van der Waals surface area contributed by atoms with Crippen molar-refractivity contribution in [2.24, 2.45) is 0 Å². The van der Waals surface area contributed by atoms with Crippen LogP contribution in [0.25, 0.3) is 0 Å². The lowest BCUT2D eigenvalue weighted by Gasteiger charge is -2.25. The summed E-state index contributed by atoms with van der Waals surface area (Å²) in [5.41, 5.74) is 3.55. The second-order valence-corrected chi connectivity index (χ2v) is 7.65. The molecule has 0 saturated heterocycles. The summed E-state index contributed by atoms with van der Waals surface area (Å²) in [5.74, 6) is -0.199. The summed E-state index contributed by atoms with van der Waals surface area (Å²) in [5, 5.41) is 0. The Bertz CT molecular complexity index is 752. The topological polar surface area (TPSA) is 37.4 Å². The van der Waals surface area contributed by atoms with Gasteiger partial charge in [-0.25, -0.2) is 0 Å². The van der Waals surface area contributed by atoms with Crippen LogP contribution in [0.5, 0.6) is 0 Å². The first-order valence-corrected chi connectivity index (χ1v) is 8.60. The Balaban J connectivity index is 2.15. The number of amides is 1. The predicted octanol–water partition coefficient (Wildman–Crippen LogP) is 4.64. The van der Waals surface area contributed by atoms with E-state index in [-0.39, 0.29) is 17.1 Å². The van der Waals surface area contributed by atoms with Crippen LogP contribution in [-0.4, -0.2) is 29.7 Å². The maximum absolute atomic E-state index is 12.7. The molecule has 2 rings (SSSR count). The van der Waals surface area contributed by atoms with E-state index in [4.69, 9.17) is 0 Å². The summed E-state index contributed by atoms with van der Waals surface area (Å²) >= 11 is 0. The number of Topliss-reactive ketones (excluding diaryl/α,β-unsaturated/α-hetero) is 1. The standard InChI is InChI=1S/C22H27NO2/c1-15-7-9-17(10-8-15)20(24)16(2)23(6)21(25)18-11-13-19(14-12-18)22(3,4)5/h7-14,16H,1-6H3. The molecule has 0 aliphatic carbocycles. The van der Waals surface area contributed by atoms with Gasteiger partial charge in [0.1, 0.15) is 0 Å². The minimum Gasteiger partial charge on any atom is -0.332 e. The summed E-state index contributed by atoms with van der Waals surface area (Å²) in [6.45, 7) is 10.2. The van der Waals surface area contributed by atoms with Crippen molar-refractivity contribution in [2.45, 2.75) is 46.1 Å². The molecule has 0 N–H and O–H groups in total. The van der Waals surface area contributed by atoms with Gasteiger partial charge in [-0.1, -0.05) is 62.7 Å². The highest BCUT2D eigenvalue weighted by Gasteiger charge is 2.24. The fourth-order valence-electron chi connectivity index (χ4n) is 2.63. The zero-order valence-corrected chi connectivity index (χ0v) is 16.0. The Morgan fingerprint density at radius 2 is 1.36 bits per heavy atom. The van der Waals surface area contributed by atoms with Gasteiger partial charge in [0.2, 0.25) is 0 Å². The van der Waals surface area contributed by atoms with Crippen molar-refractivity contribution >= 4 is 11.7 Å². The van der Waals surface area contributed by atoms with Gasteiger partial charge in [-0.05, 0) is 37.0 Å². The molecule has 0 spiro atoms. The largest absolute Gasteiger partial charge is 0.332 e. The van der Waals surface area contributed by atoms with Crippen LogP contribution in [0, 0.1) is 6.92 Å². The second-order valence-electron chi connectivity index (χ2n) is 7.65. The first kappa shape index (κ1) is 18.9. The molecule has 0 bridgehead atoms. The maximum Gasteiger partial charge on any atom is 0.254 e. The Hall–Kier alpha value is -2.42. The highest BCUT2D eigenvalue weighted by atomic mass is 16.2. The average molecular weight is 337 g/mol. The lowest BCUT2D eigenvalue weighted by Crippen LogP contribution is -2.40. The SMILES string of the molecule is Cc1ccc(C(=O)C(C)N(C)C(=O)c2ccc(C(C)(C)C)cc2)cc1. The molecule has 3 heteroatoms. The fourth-order valence-corrected chi connectivity index (χ4v) is 2.63. The third kappa shape index (κ3) is 4.36. The summed E-state index contributed by atoms with van der Waals surface area (Å²) < 4.78 is 0. The van der Waals surface area contributed by atoms with E-state index < -0.39 is 6.04 Å². The second kappa shape index (κ2) is 7.22. The summed E-state index contributed by atoms with van der Waals surface area (Å²) in [6.07, 6.45) is 0. The fraction of sp³-hybridized carbons (Fsp3) is 0.364. The molecule has 1 unspecified atom stereocenters. The lowest BCUT2D eigenvalue weighted by molar-refractivity contribution is 0.0675. The third-order valence-corrected chi connectivity index (χ3v) is 4.61. The van der Waals surface area contributed by atoms with E-state index in [1.807, 2.05) is 55.5 Å². The molecule has 25 heavy (non-hydrogen) atoms. The average Bonchev–Trinajstić information content (AvgIpc) is 2.59. The van der Waals surface area contributed by atoms with Gasteiger partial charge in [0.15, 0.2) is 5.78 Å². The Labute approximate surface area is 150 Å². The van der Waals surface area contributed by atoms with Crippen LogP contribution in [0.3, 0.4) is 0 Å².